The highest BCUT2D eigenvalue weighted by molar-refractivity contribution is 4.98. The molecule has 5 N–H and O–H groups in total. The number of aliphatic hydroxyl groups excluding tert-OH is 4. The Morgan fingerprint density at radius 3 is 2.19 bits per heavy atom. The maximum atomic E-state index is 10.3. The minimum absolute atomic E-state index is 0.0416. The molecule has 0 aromatic carbocycles. The quantitative estimate of drug-likeness (QED) is 0.281. The van der Waals surface area contributed by atoms with Crippen LogP contribution < -0.4 is 0 Å². The Morgan fingerprint density at radius 2 is 1.59 bits per heavy atom. The fraction of sp³-hybridized carbons (Fsp3) is 0.913. The van der Waals surface area contributed by atoms with Crippen molar-refractivity contribution < 1.29 is 44.5 Å². The van der Waals surface area contributed by atoms with Crippen LogP contribution in [-0.4, -0.2) is 94.1 Å². The largest absolute Gasteiger partial charge is 0.394 e. The van der Waals surface area contributed by atoms with Crippen molar-refractivity contribution in [1.82, 2.24) is 0 Å². The summed E-state index contributed by atoms with van der Waals surface area (Å²) in [5.41, 5.74) is 0.392. The number of allylic oxidation sites excluding steroid dienone is 1. The Bertz CT molecular complexity index is 591. The van der Waals surface area contributed by atoms with Gasteiger partial charge in [0, 0.05) is 5.92 Å². The fourth-order valence-electron chi connectivity index (χ4n) is 3.98. The van der Waals surface area contributed by atoms with E-state index in [2.05, 4.69) is 0 Å². The monoisotopic (exact) mass is 462 g/mol. The summed E-state index contributed by atoms with van der Waals surface area (Å²) in [6, 6.07) is 0. The maximum absolute atomic E-state index is 10.3. The van der Waals surface area contributed by atoms with E-state index in [4.69, 9.17) is 18.9 Å². The van der Waals surface area contributed by atoms with Gasteiger partial charge in [-0.3, -0.25) is 0 Å². The van der Waals surface area contributed by atoms with E-state index in [0.29, 0.717) is 6.42 Å². The van der Waals surface area contributed by atoms with Crippen LogP contribution in [-0.2, 0) is 18.9 Å². The number of hydrogen-bond donors (Lipinski definition) is 5. The molecule has 2 heterocycles. The van der Waals surface area contributed by atoms with Crippen LogP contribution in [0.4, 0.5) is 0 Å². The molecular weight excluding hydrogens is 420 g/mol. The van der Waals surface area contributed by atoms with Crippen molar-refractivity contribution >= 4 is 0 Å². The van der Waals surface area contributed by atoms with Gasteiger partial charge in [-0.05, 0) is 46.0 Å². The third-order valence-electron chi connectivity index (χ3n) is 6.48. The van der Waals surface area contributed by atoms with Crippen molar-refractivity contribution in [1.29, 1.82) is 0 Å². The van der Waals surface area contributed by atoms with E-state index in [-0.39, 0.29) is 37.8 Å². The minimum Gasteiger partial charge on any atom is -0.394 e. The van der Waals surface area contributed by atoms with Gasteiger partial charge in [0.05, 0.1) is 31.5 Å². The third kappa shape index (κ3) is 7.72. The van der Waals surface area contributed by atoms with Crippen molar-refractivity contribution in [3.05, 3.63) is 11.6 Å². The first-order valence-electron chi connectivity index (χ1n) is 11.5. The Labute approximate surface area is 190 Å². The van der Waals surface area contributed by atoms with Gasteiger partial charge in [0.2, 0.25) is 0 Å². The lowest BCUT2D eigenvalue weighted by Gasteiger charge is -2.40. The molecule has 0 spiro atoms. The molecular formula is C23H42O9. The van der Waals surface area contributed by atoms with Gasteiger partial charge in [0.15, 0.2) is 12.6 Å². The molecule has 188 valence electrons. The van der Waals surface area contributed by atoms with Gasteiger partial charge in [-0.1, -0.05) is 25.5 Å². The van der Waals surface area contributed by atoms with Crippen LogP contribution in [0.2, 0.25) is 0 Å². The zero-order valence-electron chi connectivity index (χ0n) is 19.9. The summed E-state index contributed by atoms with van der Waals surface area (Å²) in [5, 5.41) is 50.0. The third-order valence-corrected chi connectivity index (χ3v) is 6.48. The smallest absolute Gasteiger partial charge is 0.187 e. The molecule has 9 nitrogen and oxygen atoms in total. The van der Waals surface area contributed by atoms with Gasteiger partial charge in [-0.15, -0.1) is 0 Å². The average molecular weight is 463 g/mol. The summed E-state index contributed by atoms with van der Waals surface area (Å²) in [7, 11) is 0. The first kappa shape index (κ1) is 27.6. The van der Waals surface area contributed by atoms with Crippen LogP contribution >= 0.6 is 0 Å². The molecule has 0 radical (unpaired) electrons. The molecule has 0 bridgehead atoms. The SMILES string of the molecule is C/C(=C\CO[C@@H]1O[C@H](CO[C@@H]2O[C@@H](CO)[C@H](C)[C@H]2C)[C@@H](O)[C@H](O)[C@H]1O)CCCC(C)(C)O. The van der Waals surface area contributed by atoms with Gasteiger partial charge >= 0.3 is 0 Å². The van der Waals surface area contributed by atoms with E-state index in [0.717, 1.165) is 18.4 Å². The molecule has 0 saturated carbocycles. The zero-order chi connectivity index (χ0) is 24.1. The second-order valence-electron chi connectivity index (χ2n) is 9.84. The van der Waals surface area contributed by atoms with Gasteiger partial charge in [-0.25, -0.2) is 0 Å². The molecule has 2 aliphatic rings. The lowest BCUT2D eigenvalue weighted by molar-refractivity contribution is -0.307. The fourth-order valence-corrected chi connectivity index (χ4v) is 3.98. The Balaban J connectivity index is 1.84. The van der Waals surface area contributed by atoms with Gasteiger partial charge in [0.1, 0.15) is 24.4 Å². The first-order valence-corrected chi connectivity index (χ1v) is 11.5. The van der Waals surface area contributed by atoms with Crippen molar-refractivity contribution in [3.63, 3.8) is 0 Å². The van der Waals surface area contributed by atoms with E-state index in [1.807, 2.05) is 26.8 Å². The lowest BCUT2D eigenvalue weighted by atomic mass is 9.94. The standard InChI is InChI=1S/C23H42O9/c1-13(7-6-9-23(4,5)28)8-10-29-22-20(27)19(26)18(25)17(32-22)12-30-21-15(3)14(2)16(11-24)31-21/h8,14-22,24-28H,6-7,9-12H2,1-5H3/b13-8+/t14-,15-,16+,17-,18-,19+,20-,21-,22-/m1/s1. The molecule has 0 aliphatic carbocycles. The van der Waals surface area contributed by atoms with Crippen LogP contribution in [0.1, 0.15) is 53.9 Å². The van der Waals surface area contributed by atoms with Crippen molar-refractivity contribution in [2.45, 2.75) is 103 Å². The highest BCUT2D eigenvalue weighted by Crippen LogP contribution is 2.33. The predicted molar refractivity (Wildman–Crippen MR) is 117 cm³/mol. The molecule has 0 amide bonds. The molecule has 2 aliphatic heterocycles. The lowest BCUT2D eigenvalue weighted by Crippen LogP contribution is -2.59. The normalized spacial score (nSPS) is 38.9. The van der Waals surface area contributed by atoms with E-state index in [1.165, 1.54) is 0 Å². The summed E-state index contributed by atoms with van der Waals surface area (Å²) < 4.78 is 22.8. The second kappa shape index (κ2) is 12.2. The van der Waals surface area contributed by atoms with Gasteiger partial charge in [-0.2, -0.15) is 0 Å². The van der Waals surface area contributed by atoms with Crippen LogP contribution in [0.15, 0.2) is 11.6 Å². The van der Waals surface area contributed by atoms with Crippen molar-refractivity contribution in [3.8, 4) is 0 Å². The number of rotatable bonds is 11. The van der Waals surface area contributed by atoms with Gasteiger partial charge in [0.25, 0.3) is 0 Å². The highest BCUT2D eigenvalue weighted by atomic mass is 16.7. The maximum Gasteiger partial charge on any atom is 0.187 e. The van der Waals surface area contributed by atoms with Crippen molar-refractivity contribution in [2.24, 2.45) is 11.8 Å². The summed E-state index contributed by atoms with van der Waals surface area (Å²) in [4.78, 5) is 0. The molecule has 2 saturated heterocycles. The van der Waals surface area contributed by atoms with E-state index >= 15 is 0 Å². The van der Waals surface area contributed by atoms with E-state index in [9.17, 15) is 25.5 Å². The molecule has 2 rings (SSSR count). The first-order chi connectivity index (χ1) is 14.9. The van der Waals surface area contributed by atoms with Crippen molar-refractivity contribution in [2.75, 3.05) is 19.8 Å². The Hall–Kier alpha value is -0.620. The van der Waals surface area contributed by atoms with Crippen LogP contribution in [0.3, 0.4) is 0 Å². The van der Waals surface area contributed by atoms with Gasteiger partial charge < -0.3 is 44.5 Å². The van der Waals surface area contributed by atoms with Crippen LogP contribution in [0, 0.1) is 11.8 Å². The molecule has 9 heteroatoms. The molecule has 9 atom stereocenters. The highest BCUT2D eigenvalue weighted by Gasteiger charge is 2.46. The number of aliphatic hydroxyl groups is 5. The van der Waals surface area contributed by atoms with Crippen LogP contribution in [0.5, 0.6) is 0 Å². The molecule has 0 aromatic heterocycles. The summed E-state index contributed by atoms with van der Waals surface area (Å²) in [6.07, 6.45) is -2.86. The second-order valence-corrected chi connectivity index (χ2v) is 9.84. The number of ether oxygens (including phenoxy) is 4. The summed E-state index contributed by atoms with van der Waals surface area (Å²) in [6.45, 7) is 9.48. The zero-order valence-corrected chi connectivity index (χ0v) is 19.9. The van der Waals surface area contributed by atoms with E-state index < -0.39 is 42.6 Å². The Kier molecular flexibility index (Phi) is 10.5. The van der Waals surface area contributed by atoms with Crippen LogP contribution in [0.25, 0.3) is 0 Å². The molecule has 0 unspecified atom stereocenters. The summed E-state index contributed by atoms with van der Waals surface area (Å²) >= 11 is 0. The Morgan fingerprint density at radius 1 is 0.938 bits per heavy atom. The predicted octanol–water partition coefficient (Wildman–Crippen LogP) is 0.704. The topological polar surface area (TPSA) is 138 Å². The van der Waals surface area contributed by atoms with E-state index in [1.54, 1.807) is 13.8 Å². The average Bonchev–Trinajstić information content (AvgIpc) is 2.99. The molecule has 2 fully saturated rings. The minimum atomic E-state index is -1.44. The molecule has 32 heavy (non-hydrogen) atoms. The molecule has 0 aromatic rings. The number of hydrogen-bond acceptors (Lipinski definition) is 9. The summed E-state index contributed by atoms with van der Waals surface area (Å²) in [5.74, 6) is 0.157.